The molecule has 0 atom stereocenters. The van der Waals surface area contributed by atoms with Gasteiger partial charge in [-0.2, -0.15) is 0 Å². The number of carbonyl (C=O) groups is 1. The Morgan fingerprint density at radius 1 is 1.30 bits per heavy atom. The zero-order valence-corrected chi connectivity index (χ0v) is 16.2. The Hall–Kier alpha value is -2.64. The van der Waals surface area contributed by atoms with Crippen LogP contribution in [0.25, 0.3) is 5.65 Å². The van der Waals surface area contributed by atoms with Gasteiger partial charge >= 0.3 is 0 Å². The SMILES string of the molecule is CN=C(NCCCc1nnc2ccccn12)N1CCC(CC(=O)NC)CC1. The monoisotopic (exact) mass is 371 g/mol. The first-order chi connectivity index (χ1) is 13.2. The number of carbonyl (C=O) groups excluding carboxylic acids is 1. The van der Waals surface area contributed by atoms with E-state index in [1.54, 1.807) is 7.05 Å². The molecule has 146 valence electrons. The Morgan fingerprint density at radius 2 is 2.11 bits per heavy atom. The summed E-state index contributed by atoms with van der Waals surface area (Å²) < 4.78 is 2.03. The second-order valence-electron chi connectivity index (χ2n) is 6.93. The standard InChI is InChI=1S/C19H29N7O/c1-20-18(27)14-15-8-12-25(13-9-15)19(21-2)22-10-5-7-17-24-23-16-6-3-4-11-26(16)17/h3-4,6,11,15H,5,7-10,12-14H2,1-2H3,(H,20,27)(H,21,22). The van der Waals surface area contributed by atoms with E-state index in [1.165, 1.54) is 0 Å². The zero-order valence-electron chi connectivity index (χ0n) is 16.2. The van der Waals surface area contributed by atoms with Gasteiger partial charge in [-0.1, -0.05) is 6.07 Å². The molecule has 0 bridgehead atoms. The van der Waals surface area contributed by atoms with E-state index in [-0.39, 0.29) is 5.91 Å². The maximum absolute atomic E-state index is 11.5. The maximum atomic E-state index is 11.5. The number of piperidine rings is 1. The van der Waals surface area contributed by atoms with Crippen LogP contribution in [0.4, 0.5) is 0 Å². The van der Waals surface area contributed by atoms with Crippen LogP contribution in [0.5, 0.6) is 0 Å². The average molecular weight is 371 g/mol. The van der Waals surface area contributed by atoms with Gasteiger partial charge in [0, 0.05) is 52.8 Å². The van der Waals surface area contributed by atoms with E-state index in [0.29, 0.717) is 12.3 Å². The summed E-state index contributed by atoms with van der Waals surface area (Å²) in [5.41, 5.74) is 0.885. The number of nitrogens with one attached hydrogen (secondary N) is 2. The van der Waals surface area contributed by atoms with Crippen LogP contribution in [-0.4, -0.2) is 65.1 Å². The number of aromatic nitrogens is 3. The number of hydrogen-bond acceptors (Lipinski definition) is 4. The second-order valence-corrected chi connectivity index (χ2v) is 6.93. The summed E-state index contributed by atoms with van der Waals surface area (Å²) in [6.07, 6.45) is 6.51. The van der Waals surface area contributed by atoms with Crippen LogP contribution in [0.1, 0.15) is 31.5 Å². The molecule has 27 heavy (non-hydrogen) atoms. The first-order valence-corrected chi connectivity index (χ1v) is 9.66. The number of pyridine rings is 1. The lowest BCUT2D eigenvalue weighted by atomic mass is 9.93. The van der Waals surface area contributed by atoms with E-state index in [1.807, 2.05) is 35.8 Å². The number of rotatable bonds is 6. The molecule has 2 N–H and O–H groups in total. The Bertz CT molecular complexity index is 777. The number of likely N-dealkylation sites (tertiary alicyclic amines) is 1. The highest BCUT2D eigenvalue weighted by Crippen LogP contribution is 2.20. The van der Waals surface area contributed by atoms with Crippen LogP contribution < -0.4 is 10.6 Å². The second kappa shape index (κ2) is 9.34. The molecule has 2 aromatic rings. The van der Waals surface area contributed by atoms with Gasteiger partial charge in [0.05, 0.1) is 0 Å². The number of aryl methyl sites for hydroxylation is 1. The molecule has 0 spiro atoms. The molecule has 0 aliphatic carbocycles. The predicted molar refractivity (Wildman–Crippen MR) is 106 cm³/mol. The third-order valence-electron chi connectivity index (χ3n) is 5.12. The zero-order chi connectivity index (χ0) is 19.1. The number of guanidine groups is 1. The molecule has 1 saturated heterocycles. The molecule has 0 aromatic carbocycles. The van der Waals surface area contributed by atoms with Crippen molar-refractivity contribution < 1.29 is 4.79 Å². The Kier molecular flexibility index (Phi) is 6.62. The highest BCUT2D eigenvalue weighted by Gasteiger charge is 2.22. The molecular weight excluding hydrogens is 342 g/mol. The van der Waals surface area contributed by atoms with Crippen LogP contribution in [0.15, 0.2) is 29.4 Å². The molecule has 3 heterocycles. The summed E-state index contributed by atoms with van der Waals surface area (Å²) in [7, 11) is 3.52. The molecule has 1 fully saturated rings. The highest BCUT2D eigenvalue weighted by atomic mass is 16.1. The minimum absolute atomic E-state index is 0.136. The predicted octanol–water partition coefficient (Wildman–Crippen LogP) is 1.09. The first kappa shape index (κ1) is 19.1. The van der Waals surface area contributed by atoms with Gasteiger partial charge in [-0.15, -0.1) is 10.2 Å². The minimum Gasteiger partial charge on any atom is -0.359 e. The Labute approximate surface area is 160 Å². The number of hydrogen-bond donors (Lipinski definition) is 2. The fraction of sp³-hybridized carbons (Fsp3) is 0.579. The summed E-state index contributed by atoms with van der Waals surface area (Å²) in [6, 6.07) is 5.93. The lowest BCUT2D eigenvalue weighted by Gasteiger charge is -2.34. The van der Waals surface area contributed by atoms with Gasteiger partial charge in [0.2, 0.25) is 5.91 Å². The van der Waals surface area contributed by atoms with Crippen molar-refractivity contribution in [2.24, 2.45) is 10.9 Å². The molecule has 0 unspecified atom stereocenters. The minimum atomic E-state index is 0.136. The normalized spacial score (nSPS) is 15.9. The molecular formula is C19H29N7O. The molecule has 0 radical (unpaired) electrons. The van der Waals surface area contributed by atoms with Gasteiger partial charge in [0.15, 0.2) is 11.6 Å². The number of aliphatic imine (C=N–C) groups is 1. The van der Waals surface area contributed by atoms with E-state index in [2.05, 4.69) is 30.7 Å². The fourth-order valence-electron chi connectivity index (χ4n) is 3.55. The maximum Gasteiger partial charge on any atom is 0.220 e. The molecule has 1 amide bonds. The van der Waals surface area contributed by atoms with Crippen molar-refractivity contribution >= 4 is 17.5 Å². The first-order valence-electron chi connectivity index (χ1n) is 9.66. The van der Waals surface area contributed by atoms with Gasteiger partial charge in [-0.25, -0.2) is 0 Å². The Balaban J connectivity index is 1.41. The largest absolute Gasteiger partial charge is 0.359 e. The van der Waals surface area contributed by atoms with Crippen molar-refractivity contribution in [3.05, 3.63) is 30.2 Å². The lowest BCUT2D eigenvalue weighted by molar-refractivity contribution is -0.121. The smallest absolute Gasteiger partial charge is 0.220 e. The van der Waals surface area contributed by atoms with E-state index < -0.39 is 0 Å². The van der Waals surface area contributed by atoms with Crippen molar-refractivity contribution in [2.75, 3.05) is 33.7 Å². The highest BCUT2D eigenvalue weighted by molar-refractivity contribution is 5.80. The van der Waals surface area contributed by atoms with Gasteiger partial charge in [-0.05, 0) is 37.3 Å². The molecule has 2 aromatic heterocycles. The van der Waals surface area contributed by atoms with Crippen molar-refractivity contribution in [1.29, 1.82) is 0 Å². The fourth-order valence-corrected chi connectivity index (χ4v) is 3.55. The summed E-state index contributed by atoms with van der Waals surface area (Å²) >= 11 is 0. The summed E-state index contributed by atoms with van der Waals surface area (Å²) in [6.45, 7) is 2.72. The van der Waals surface area contributed by atoms with E-state index >= 15 is 0 Å². The number of amides is 1. The van der Waals surface area contributed by atoms with E-state index in [4.69, 9.17) is 0 Å². The summed E-state index contributed by atoms with van der Waals surface area (Å²) in [5, 5.41) is 14.6. The molecule has 8 heteroatoms. The molecule has 1 aliphatic rings. The van der Waals surface area contributed by atoms with Crippen LogP contribution in [-0.2, 0) is 11.2 Å². The topological polar surface area (TPSA) is 86.9 Å². The average Bonchev–Trinajstić information content (AvgIpc) is 3.12. The van der Waals surface area contributed by atoms with Gasteiger partial charge in [-0.3, -0.25) is 14.2 Å². The van der Waals surface area contributed by atoms with Crippen LogP contribution in [0.2, 0.25) is 0 Å². The molecule has 1 aliphatic heterocycles. The molecule has 8 nitrogen and oxygen atoms in total. The summed E-state index contributed by atoms with van der Waals surface area (Å²) in [5.74, 6) is 2.54. The number of fused-ring (bicyclic) bond motifs is 1. The summed E-state index contributed by atoms with van der Waals surface area (Å²) in [4.78, 5) is 18.2. The van der Waals surface area contributed by atoms with Crippen molar-refractivity contribution in [3.63, 3.8) is 0 Å². The van der Waals surface area contributed by atoms with Crippen molar-refractivity contribution in [3.8, 4) is 0 Å². The van der Waals surface area contributed by atoms with Crippen LogP contribution in [0.3, 0.4) is 0 Å². The molecule has 0 saturated carbocycles. The van der Waals surface area contributed by atoms with Gasteiger partial charge < -0.3 is 15.5 Å². The quantitative estimate of drug-likeness (QED) is 0.451. The van der Waals surface area contributed by atoms with Crippen LogP contribution in [0, 0.1) is 5.92 Å². The van der Waals surface area contributed by atoms with E-state index in [0.717, 1.165) is 62.7 Å². The Morgan fingerprint density at radius 3 is 2.85 bits per heavy atom. The molecule has 3 rings (SSSR count). The lowest BCUT2D eigenvalue weighted by Crippen LogP contribution is -2.46. The number of nitrogens with zero attached hydrogens (tertiary/aromatic N) is 5. The van der Waals surface area contributed by atoms with Crippen molar-refractivity contribution in [2.45, 2.75) is 32.1 Å². The third-order valence-corrected chi connectivity index (χ3v) is 5.12. The van der Waals surface area contributed by atoms with Crippen LogP contribution >= 0.6 is 0 Å². The third kappa shape index (κ3) is 4.96. The van der Waals surface area contributed by atoms with Crippen molar-refractivity contribution in [1.82, 2.24) is 30.1 Å². The van der Waals surface area contributed by atoms with E-state index in [9.17, 15) is 4.79 Å². The van der Waals surface area contributed by atoms with Gasteiger partial charge in [0.1, 0.15) is 5.82 Å². The van der Waals surface area contributed by atoms with Gasteiger partial charge in [0.25, 0.3) is 0 Å².